The van der Waals surface area contributed by atoms with Gasteiger partial charge in [0.2, 0.25) is 0 Å². The zero-order chi connectivity index (χ0) is 22.7. The molecule has 4 aliphatic carbocycles. The summed E-state index contributed by atoms with van der Waals surface area (Å²) in [6.45, 7) is 14.2. The zero-order valence-electron chi connectivity index (χ0n) is 20.4. The molecule has 0 aromatic carbocycles. The number of hydrogen-bond donors (Lipinski definition) is 1. The van der Waals surface area contributed by atoms with Gasteiger partial charge in [0.15, 0.2) is 5.60 Å². The Hall–Kier alpha value is -1.27. The Morgan fingerprint density at radius 2 is 1.73 bits per heavy atom. The molecule has 0 amide bonds. The molecule has 1 N–H and O–H groups in total. The second kappa shape index (κ2) is 9.47. The summed E-state index contributed by atoms with van der Waals surface area (Å²) in [5.74, 6) is 4.46. The standard InChI is InChI=1S/C23H32O3.2C2H6/c1-5-23(26-15(2)24)13-10-20-18-7-6-16-14-17(25)8-11-21(16,3)19(18)9-12-22(20,23)4;2*1-2/h1,6,17-20,25H,7-14H2,2-4H3;2*1-2H3/t17-,18?,19?,20?,21+,22+,23+;;/m1../s1. The summed E-state index contributed by atoms with van der Waals surface area (Å²) < 4.78 is 5.82. The molecule has 0 radical (unpaired) electrons. The third kappa shape index (κ3) is 3.75. The summed E-state index contributed by atoms with van der Waals surface area (Å²) in [7, 11) is 0. The van der Waals surface area contributed by atoms with Crippen molar-refractivity contribution < 1.29 is 14.6 Å². The van der Waals surface area contributed by atoms with Crippen molar-refractivity contribution in [2.24, 2.45) is 28.6 Å². The normalized spacial score (nSPS) is 43.6. The van der Waals surface area contributed by atoms with Crippen molar-refractivity contribution in [3.8, 4) is 12.3 Å². The number of carbonyl (C=O) groups is 1. The van der Waals surface area contributed by atoms with Crippen LogP contribution in [0.4, 0.5) is 0 Å². The Bertz CT molecular complexity index is 689. The second-order valence-electron chi connectivity index (χ2n) is 9.72. The van der Waals surface area contributed by atoms with Crippen molar-refractivity contribution >= 4 is 5.97 Å². The molecule has 0 heterocycles. The lowest BCUT2D eigenvalue weighted by Gasteiger charge is -2.58. The van der Waals surface area contributed by atoms with Gasteiger partial charge in [0.25, 0.3) is 0 Å². The van der Waals surface area contributed by atoms with Crippen LogP contribution >= 0.6 is 0 Å². The molecule has 3 heteroatoms. The first-order valence-electron chi connectivity index (χ1n) is 12.3. The molecule has 3 fully saturated rings. The number of aliphatic hydroxyl groups is 1. The van der Waals surface area contributed by atoms with Gasteiger partial charge < -0.3 is 9.84 Å². The molecular formula is C27H44O3. The van der Waals surface area contributed by atoms with E-state index >= 15 is 0 Å². The third-order valence-electron chi connectivity index (χ3n) is 8.75. The van der Waals surface area contributed by atoms with E-state index < -0.39 is 5.60 Å². The maximum Gasteiger partial charge on any atom is 0.304 e. The SMILES string of the molecule is C#C[C@]1(OC(C)=O)CCC2C3CC=C4C[C@H](O)CC[C@]4(C)C3CC[C@@]21C.CC.CC. The van der Waals surface area contributed by atoms with Gasteiger partial charge in [-0.2, -0.15) is 0 Å². The van der Waals surface area contributed by atoms with E-state index in [0.29, 0.717) is 17.8 Å². The first-order chi connectivity index (χ1) is 14.3. The molecule has 30 heavy (non-hydrogen) atoms. The Balaban J connectivity index is 0.000000757. The lowest BCUT2D eigenvalue weighted by atomic mass is 9.47. The van der Waals surface area contributed by atoms with Gasteiger partial charge in [0.1, 0.15) is 0 Å². The first-order valence-corrected chi connectivity index (χ1v) is 12.3. The molecule has 0 aliphatic heterocycles. The van der Waals surface area contributed by atoms with Gasteiger partial charge >= 0.3 is 5.97 Å². The minimum Gasteiger partial charge on any atom is -0.445 e. The number of aliphatic hydroxyl groups excluding tert-OH is 1. The molecule has 4 rings (SSSR count). The molecule has 3 unspecified atom stereocenters. The number of terminal acetylenes is 1. The van der Waals surface area contributed by atoms with Crippen LogP contribution in [0.1, 0.15) is 99.8 Å². The molecule has 4 aliphatic rings. The molecule has 7 atom stereocenters. The smallest absolute Gasteiger partial charge is 0.304 e. The predicted octanol–water partition coefficient (Wildman–Crippen LogP) is 6.30. The molecule has 0 aromatic rings. The molecule has 0 spiro atoms. The van der Waals surface area contributed by atoms with Crippen LogP contribution in [0.5, 0.6) is 0 Å². The van der Waals surface area contributed by atoms with Gasteiger partial charge in [-0.05, 0) is 74.5 Å². The molecular weight excluding hydrogens is 372 g/mol. The van der Waals surface area contributed by atoms with Gasteiger partial charge in [-0.3, -0.25) is 4.79 Å². The highest BCUT2D eigenvalue weighted by Gasteiger charge is 2.65. The van der Waals surface area contributed by atoms with Gasteiger partial charge in [-0.25, -0.2) is 0 Å². The number of allylic oxidation sites excluding steroid dienone is 1. The number of rotatable bonds is 1. The van der Waals surface area contributed by atoms with E-state index in [0.717, 1.165) is 51.4 Å². The van der Waals surface area contributed by atoms with Crippen LogP contribution in [0.25, 0.3) is 0 Å². The zero-order valence-corrected chi connectivity index (χ0v) is 20.4. The van der Waals surface area contributed by atoms with Crippen LogP contribution in [-0.2, 0) is 9.53 Å². The largest absolute Gasteiger partial charge is 0.445 e. The van der Waals surface area contributed by atoms with Crippen molar-refractivity contribution in [1.29, 1.82) is 0 Å². The van der Waals surface area contributed by atoms with E-state index in [9.17, 15) is 9.90 Å². The molecule has 3 nitrogen and oxygen atoms in total. The highest BCUT2D eigenvalue weighted by molar-refractivity contribution is 5.67. The Morgan fingerprint density at radius 1 is 1.10 bits per heavy atom. The number of hydrogen-bond acceptors (Lipinski definition) is 3. The fourth-order valence-corrected chi connectivity index (χ4v) is 7.32. The molecule has 3 saturated carbocycles. The third-order valence-corrected chi connectivity index (χ3v) is 8.75. The number of carbonyl (C=O) groups excluding carboxylic acids is 1. The monoisotopic (exact) mass is 416 g/mol. The van der Waals surface area contributed by atoms with Gasteiger partial charge in [0.05, 0.1) is 6.10 Å². The van der Waals surface area contributed by atoms with Crippen molar-refractivity contribution in [2.75, 3.05) is 0 Å². The highest BCUT2D eigenvalue weighted by atomic mass is 16.6. The summed E-state index contributed by atoms with van der Waals surface area (Å²) in [6.07, 6.45) is 16.2. The lowest BCUT2D eigenvalue weighted by Crippen LogP contribution is -2.55. The van der Waals surface area contributed by atoms with E-state index in [1.165, 1.54) is 12.5 Å². The lowest BCUT2D eigenvalue weighted by molar-refractivity contribution is -0.168. The second-order valence-corrected chi connectivity index (χ2v) is 9.72. The number of fused-ring (bicyclic) bond motifs is 5. The van der Waals surface area contributed by atoms with Crippen LogP contribution in [0.3, 0.4) is 0 Å². The van der Waals surface area contributed by atoms with Crippen molar-refractivity contribution in [3.05, 3.63) is 11.6 Å². The minimum absolute atomic E-state index is 0.121. The van der Waals surface area contributed by atoms with Crippen LogP contribution in [0.2, 0.25) is 0 Å². The van der Waals surface area contributed by atoms with Crippen molar-refractivity contribution in [3.63, 3.8) is 0 Å². The van der Waals surface area contributed by atoms with E-state index in [1.807, 2.05) is 27.7 Å². The van der Waals surface area contributed by atoms with Crippen LogP contribution in [0, 0.1) is 40.9 Å². The van der Waals surface area contributed by atoms with Gasteiger partial charge in [-0.15, -0.1) is 6.42 Å². The summed E-state index contributed by atoms with van der Waals surface area (Å²) in [5, 5.41) is 10.1. The molecule has 0 saturated heterocycles. The van der Waals surface area contributed by atoms with Gasteiger partial charge in [0, 0.05) is 12.3 Å². The summed E-state index contributed by atoms with van der Waals surface area (Å²) >= 11 is 0. The average Bonchev–Trinajstić information content (AvgIpc) is 3.03. The van der Waals surface area contributed by atoms with E-state index in [1.54, 1.807) is 0 Å². The summed E-state index contributed by atoms with van der Waals surface area (Å²) in [6, 6.07) is 0. The fraction of sp³-hybridized carbons (Fsp3) is 0.815. The van der Waals surface area contributed by atoms with E-state index in [2.05, 4.69) is 25.8 Å². The van der Waals surface area contributed by atoms with Crippen molar-refractivity contribution in [1.82, 2.24) is 0 Å². The van der Waals surface area contributed by atoms with Gasteiger partial charge in [-0.1, -0.05) is 59.1 Å². The van der Waals surface area contributed by atoms with Crippen LogP contribution in [0.15, 0.2) is 11.6 Å². The Morgan fingerprint density at radius 3 is 2.33 bits per heavy atom. The molecule has 0 aromatic heterocycles. The average molecular weight is 417 g/mol. The summed E-state index contributed by atoms with van der Waals surface area (Å²) in [4.78, 5) is 11.8. The Labute approximate surface area is 185 Å². The topological polar surface area (TPSA) is 46.5 Å². The maximum absolute atomic E-state index is 11.8. The molecule has 0 bridgehead atoms. The highest BCUT2D eigenvalue weighted by Crippen LogP contribution is 2.67. The number of ether oxygens (including phenoxy) is 1. The molecule has 170 valence electrons. The first kappa shape index (κ1) is 25.0. The van der Waals surface area contributed by atoms with E-state index in [4.69, 9.17) is 11.2 Å². The number of esters is 1. The fourth-order valence-electron chi connectivity index (χ4n) is 7.32. The summed E-state index contributed by atoms with van der Waals surface area (Å²) in [5.41, 5.74) is 0.862. The Kier molecular flexibility index (Phi) is 7.89. The van der Waals surface area contributed by atoms with Crippen LogP contribution in [-0.4, -0.2) is 22.8 Å². The quantitative estimate of drug-likeness (QED) is 0.310. The maximum atomic E-state index is 11.8. The van der Waals surface area contributed by atoms with E-state index in [-0.39, 0.29) is 22.9 Å². The predicted molar refractivity (Wildman–Crippen MR) is 124 cm³/mol. The van der Waals surface area contributed by atoms with Crippen molar-refractivity contribution in [2.45, 2.75) is 112 Å². The minimum atomic E-state index is -0.734. The van der Waals surface area contributed by atoms with Crippen LogP contribution < -0.4 is 0 Å².